The largest absolute Gasteiger partial charge is 0.497 e. The molecule has 2 aromatic carbocycles. The molecule has 0 aromatic heterocycles. The molecule has 2 amide bonds. The van der Waals surface area contributed by atoms with Crippen molar-refractivity contribution in [2.75, 3.05) is 20.3 Å². The first-order valence-corrected chi connectivity index (χ1v) is 8.29. The summed E-state index contributed by atoms with van der Waals surface area (Å²) in [5.74, 6) is -1.38. The van der Waals surface area contributed by atoms with Gasteiger partial charge in [-0.15, -0.1) is 0 Å². The lowest BCUT2D eigenvalue weighted by Crippen LogP contribution is -2.32. The van der Waals surface area contributed by atoms with E-state index in [1.54, 1.807) is 48.5 Å². The van der Waals surface area contributed by atoms with Gasteiger partial charge in [0.1, 0.15) is 5.75 Å². The highest BCUT2D eigenvalue weighted by atomic mass is 16.5. The van der Waals surface area contributed by atoms with Crippen LogP contribution in [0.2, 0.25) is 0 Å². The molecular formula is C20H17NO6. The lowest BCUT2D eigenvalue weighted by Gasteiger charge is -2.13. The minimum Gasteiger partial charge on any atom is -0.497 e. The van der Waals surface area contributed by atoms with E-state index >= 15 is 0 Å². The molecule has 0 N–H and O–H groups in total. The van der Waals surface area contributed by atoms with Crippen LogP contribution in [0.4, 0.5) is 0 Å². The highest BCUT2D eigenvalue weighted by Crippen LogP contribution is 2.22. The molecule has 0 saturated carbocycles. The van der Waals surface area contributed by atoms with Crippen LogP contribution in [-0.2, 0) is 9.53 Å². The Labute approximate surface area is 155 Å². The van der Waals surface area contributed by atoms with Gasteiger partial charge in [-0.2, -0.15) is 0 Å². The van der Waals surface area contributed by atoms with Crippen molar-refractivity contribution >= 4 is 23.6 Å². The Morgan fingerprint density at radius 1 is 0.963 bits per heavy atom. The van der Waals surface area contributed by atoms with E-state index in [4.69, 9.17) is 9.47 Å². The van der Waals surface area contributed by atoms with Crippen molar-refractivity contribution in [3.05, 3.63) is 65.2 Å². The van der Waals surface area contributed by atoms with Crippen LogP contribution in [0.25, 0.3) is 0 Å². The van der Waals surface area contributed by atoms with Crippen LogP contribution in [0.5, 0.6) is 5.75 Å². The SMILES string of the molecule is COc1cccc(C(=O)COC(=O)CCN2C(=O)c3ccccc3C2=O)c1. The molecule has 0 aliphatic carbocycles. The molecule has 7 nitrogen and oxygen atoms in total. The van der Waals surface area contributed by atoms with E-state index in [-0.39, 0.29) is 18.7 Å². The predicted octanol–water partition coefficient (Wildman–Crippen LogP) is 2.11. The van der Waals surface area contributed by atoms with Crippen LogP contribution in [0, 0.1) is 0 Å². The Bertz CT molecular complexity index is 885. The van der Waals surface area contributed by atoms with E-state index in [1.807, 2.05) is 0 Å². The Hall–Kier alpha value is -3.48. The van der Waals surface area contributed by atoms with Crippen molar-refractivity contribution in [2.24, 2.45) is 0 Å². The van der Waals surface area contributed by atoms with Gasteiger partial charge in [0.25, 0.3) is 11.8 Å². The fraction of sp³-hybridized carbons (Fsp3) is 0.200. The Balaban J connectivity index is 1.51. The molecule has 0 bridgehead atoms. The number of esters is 1. The summed E-state index contributed by atoms with van der Waals surface area (Å²) >= 11 is 0. The van der Waals surface area contributed by atoms with Crippen LogP contribution in [0.15, 0.2) is 48.5 Å². The Morgan fingerprint density at radius 2 is 1.63 bits per heavy atom. The number of imide groups is 1. The van der Waals surface area contributed by atoms with E-state index in [9.17, 15) is 19.2 Å². The highest BCUT2D eigenvalue weighted by Gasteiger charge is 2.35. The Kier molecular flexibility index (Phi) is 5.30. The first-order chi connectivity index (χ1) is 13.0. The molecule has 3 rings (SSSR count). The number of hydrogen-bond donors (Lipinski definition) is 0. The lowest BCUT2D eigenvalue weighted by molar-refractivity contribution is -0.142. The summed E-state index contributed by atoms with van der Waals surface area (Å²) < 4.78 is 10.0. The molecule has 0 radical (unpaired) electrons. The number of Topliss-reactive ketones (excluding diaryl/α,β-unsaturated/α-hetero) is 1. The molecule has 7 heteroatoms. The van der Waals surface area contributed by atoms with Gasteiger partial charge in [0.2, 0.25) is 0 Å². The third-order valence-corrected chi connectivity index (χ3v) is 4.17. The molecule has 138 valence electrons. The van der Waals surface area contributed by atoms with Gasteiger partial charge in [0.05, 0.1) is 24.7 Å². The van der Waals surface area contributed by atoms with Crippen molar-refractivity contribution in [2.45, 2.75) is 6.42 Å². The van der Waals surface area contributed by atoms with Gasteiger partial charge in [-0.25, -0.2) is 0 Å². The summed E-state index contributed by atoms with van der Waals surface area (Å²) in [6.07, 6.45) is -0.184. The topological polar surface area (TPSA) is 90.0 Å². The van der Waals surface area contributed by atoms with Crippen LogP contribution in [0.1, 0.15) is 37.5 Å². The number of benzene rings is 2. The molecule has 0 atom stereocenters. The van der Waals surface area contributed by atoms with Crippen molar-refractivity contribution < 1.29 is 28.7 Å². The van der Waals surface area contributed by atoms with Gasteiger partial charge in [-0.1, -0.05) is 24.3 Å². The van der Waals surface area contributed by atoms with E-state index in [0.717, 1.165) is 4.90 Å². The van der Waals surface area contributed by atoms with Crippen molar-refractivity contribution in [3.8, 4) is 5.75 Å². The molecule has 0 spiro atoms. The number of ether oxygens (including phenoxy) is 2. The third-order valence-electron chi connectivity index (χ3n) is 4.17. The number of ketones is 1. The van der Waals surface area contributed by atoms with Crippen molar-refractivity contribution in [1.82, 2.24) is 4.90 Å². The van der Waals surface area contributed by atoms with E-state index in [0.29, 0.717) is 22.4 Å². The smallest absolute Gasteiger partial charge is 0.308 e. The number of amides is 2. The lowest BCUT2D eigenvalue weighted by atomic mass is 10.1. The number of carbonyl (C=O) groups is 4. The van der Waals surface area contributed by atoms with Crippen LogP contribution >= 0.6 is 0 Å². The van der Waals surface area contributed by atoms with Gasteiger partial charge in [0.15, 0.2) is 12.4 Å². The summed E-state index contributed by atoms with van der Waals surface area (Å²) in [5, 5.41) is 0. The van der Waals surface area contributed by atoms with Crippen molar-refractivity contribution in [3.63, 3.8) is 0 Å². The molecule has 1 heterocycles. The normalized spacial score (nSPS) is 12.7. The first kappa shape index (κ1) is 18.3. The minimum atomic E-state index is -0.664. The van der Waals surface area contributed by atoms with Gasteiger partial charge >= 0.3 is 5.97 Å². The van der Waals surface area contributed by atoms with Gasteiger partial charge in [-0.3, -0.25) is 24.1 Å². The van der Waals surface area contributed by atoms with Crippen molar-refractivity contribution in [1.29, 1.82) is 0 Å². The van der Waals surface area contributed by atoms with Crippen LogP contribution in [-0.4, -0.2) is 48.7 Å². The predicted molar refractivity (Wildman–Crippen MR) is 94.7 cm³/mol. The maximum absolute atomic E-state index is 12.2. The average molecular weight is 367 g/mol. The van der Waals surface area contributed by atoms with E-state index in [1.165, 1.54) is 7.11 Å². The second kappa shape index (κ2) is 7.82. The molecule has 1 aliphatic heterocycles. The first-order valence-electron chi connectivity index (χ1n) is 8.29. The molecular weight excluding hydrogens is 350 g/mol. The van der Waals surface area contributed by atoms with Gasteiger partial charge in [-0.05, 0) is 24.3 Å². The maximum Gasteiger partial charge on any atom is 0.308 e. The van der Waals surface area contributed by atoms with Crippen LogP contribution in [0.3, 0.4) is 0 Å². The molecule has 0 saturated heterocycles. The van der Waals surface area contributed by atoms with Crippen LogP contribution < -0.4 is 4.74 Å². The summed E-state index contributed by atoms with van der Waals surface area (Å²) in [6.45, 7) is -0.521. The highest BCUT2D eigenvalue weighted by molar-refractivity contribution is 6.21. The minimum absolute atomic E-state index is 0.0987. The third kappa shape index (κ3) is 3.87. The van der Waals surface area contributed by atoms with E-state index in [2.05, 4.69) is 0 Å². The summed E-state index contributed by atoms with van der Waals surface area (Å²) in [4.78, 5) is 49.4. The molecule has 0 unspecified atom stereocenters. The quantitative estimate of drug-likeness (QED) is 0.423. The molecule has 2 aromatic rings. The molecule has 27 heavy (non-hydrogen) atoms. The zero-order valence-corrected chi connectivity index (χ0v) is 14.6. The van der Waals surface area contributed by atoms with Gasteiger partial charge in [0, 0.05) is 12.1 Å². The molecule has 0 fully saturated rings. The number of hydrogen-bond acceptors (Lipinski definition) is 6. The fourth-order valence-corrected chi connectivity index (χ4v) is 2.74. The van der Waals surface area contributed by atoms with Gasteiger partial charge < -0.3 is 9.47 Å². The fourth-order valence-electron chi connectivity index (χ4n) is 2.74. The standard InChI is InChI=1S/C20H17NO6/c1-26-14-6-4-5-13(11-14)17(22)12-27-18(23)9-10-21-19(24)15-7-2-3-8-16(15)20(21)25/h2-8,11H,9-10,12H2,1H3. The molecule has 1 aliphatic rings. The second-order valence-electron chi connectivity index (χ2n) is 5.87. The monoisotopic (exact) mass is 367 g/mol. The number of rotatable bonds is 7. The summed E-state index contributed by atoms with van der Waals surface area (Å²) in [5.41, 5.74) is 1.01. The number of fused-ring (bicyclic) bond motifs is 1. The maximum atomic E-state index is 12.2. The zero-order chi connectivity index (χ0) is 19.4. The number of nitrogens with zero attached hydrogens (tertiary/aromatic N) is 1. The Morgan fingerprint density at radius 3 is 2.26 bits per heavy atom. The number of carbonyl (C=O) groups excluding carboxylic acids is 4. The zero-order valence-electron chi connectivity index (χ0n) is 14.6. The summed E-state index contributed by atoms with van der Waals surface area (Å²) in [7, 11) is 1.49. The second-order valence-corrected chi connectivity index (χ2v) is 5.87. The average Bonchev–Trinajstić information content (AvgIpc) is 2.95. The number of methoxy groups -OCH3 is 1. The summed E-state index contributed by atoms with van der Waals surface area (Å²) in [6, 6.07) is 13.0. The van der Waals surface area contributed by atoms with E-state index < -0.39 is 24.4 Å².